The minimum atomic E-state index is -0.968. The Balaban J connectivity index is 1.28. The van der Waals surface area contributed by atoms with Gasteiger partial charge in [-0.05, 0) is 49.2 Å². The van der Waals surface area contributed by atoms with Crippen LogP contribution in [0.3, 0.4) is 0 Å². The number of nitrogens with zero attached hydrogens (tertiary/aromatic N) is 1. The SMILES string of the molecule is O=C(Nc1ccc(C(=O)OCC(=O)N2c3ccccc3NC(=O)C23CCCC3)s1)c1ccco1. The van der Waals surface area contributed by atoms with Crippen LogP contribution in [0.15, 0.2) is 59.2 Å². The number of fused-ring (bicyclic) bond motifs is 1. The molecule has 0 saturated heterocycles. The fraction of sp³-hybridized carbons (Fsp3) is 0.250. The van der Waals surface area contributed by atoms with Gasteiger partial charge < -0.3 is 19.8 Å². The minimum Gasteiger partial charge on any atom is -0.459 e. The number of carbonyl (C=O) groups is 4. The van der Waals surface area contributed by atoms with Gasteiger partial charge in [0, 0.05) is 0 Å². The Labute approximate surface area is 198 Å². The Morgan fingerprint density at radius 1 is 1.09 bits per heavy atom. The van der Waals surface area contributed by atoms with Crippen molar-refractivity contribution in [2.45, 2.75) is 31.2 Å². The highest BCUT2D eigenvalue weighted by atomic mass is 32.1. The van der Waals surface area contributed by atoms with E-state index in [2.05, 4.69) is 10.6 Å². The first-order valence-electron chi connectivity index (χ1n) is 10.8. The maximum atomic E-state index is 13.3. The van der Waals surface area contributed by atoms with E-state index in [0.29, 0.717) is 29.2 Å². The zero-order chi connectivity index (χ0) is 23.7. The van der Waals surface area contributed by atoms with E-state index in [1.165, 1.54) is 23.3 Å². The lowest BCUT2D eigenvalue weighted by Crippen LogP contribution is -2.61. The monoisotopic (exact) mass is 479 g/mol. The van der Waals surface area contributed by atoms with Gasteiger partial charge in [0.1, 0.15) is 10.4 Å². The minimum absolute atomic E-state index is 0.148. The van der Waals surface area contributed by atoms with Crippen molar-refractivity contribution in [3.8, 4) is 0 Å². The average molecular weight is 480 g/mol. The van der Waals surface area contributed by atoms with Gasteiger partial charge in [-0.15, -0.1) is 11.3 Å². The summed E-state index contributed by atoms with van der Waals surface area (Å²) in [6.45, 7) is -0.506. The molecule has 2 aliphatic rings. The zero-order valence-electron chi connectivity index (χ0n) is 18.0. The van der Waals surface area contributed by atoms with Crippen molar-refractivity contribution in [3.63, 3.8) is 0 Å². The van der Waals surface area contributed by atoms with E-state index in [-0.39, 0.29) is 16.5 Å². The molecule has 0 atom stereocenters. The largest absolute Gasteiger partial charge is 0.459 e. The van der Waals surface area contributed by atoms with Gasteiger partial charge in [0.05, 0.1) is 22.6 Å². The van der Waals surface area contributed by atoms with Crippen LogP contribution in [0.4, 0.5) is 16.4 Å². The highest BCUT2D eigenvalue weighted by Gasteiger charge is 2.52. The Bertz CT molecular complexity index is 1260. The molecule has 1 saturated carbocycles. The Kier molecular flexibility index (Phi) is 5.66. The number of anilines is 3. The molecule has 5 rings (SSSR count). The van der Waals surface area contributed by atoms with Crippen LogP contribution in [0.5, 0.6) is 0 Å². The predicted molar refractivity (Wildman–Crippen MR) is 125 cm³/mol. The number of hydrogen-bond donors (Lipinski definition) is 2. The number of nitrogens with one attached hydrogen (secondary N) is 2. The molecule has 2 N–H and O–H groups in total. The van der Waals surface area contributed by atoms with Gasteiger partial charge in [-0.1, -0.05) is 25.0 Å². The molecular formula is C24H21N3O6S. The summed E-state index contributed by atoms with van der Waals surface area (Å²) in [5.74, 6) is -1.65. The Hall–Kier alpha value is -3.92. The fourth-order valence-electron chi connectivity index (χ4n) is 4.49. The van der Waals surface area contributed by atoms with Crippen LogP contribution in [-0.2, 0) is 14.3 Å². The first-order chi connectivity index (χ1) is 16.5. The number of carbonyl (C=O) groups excluding carboxylic acids is 4. The lowest BCUT2D eigenvalue weighted by Gasteiger charge is -2.44. The lowest BCUT2D eigenvalue weighted by atomic mass is 9.90. The van der Waals surface area contributed by atoms with Gasteiger partial charge in [0.25, 0.3) is 17.7 Å². The summed E-state index contributed by atoms with van der Waals surface area (Å²) in [5.41, 5.74) is 0.188. The molecule has 1 fully saturated rings. The number of thiophene rings is 1. The molecule has 34 heavy (non-hydrogen) atoms. The van der Waals surface area contributed by atoms with Crippen molar-refractivity contribution >= 4 is 51.4 Å². The first-order valence-corrected chi connectivity index (χ1v) is 11.6. The van der Waals surface area contributed by atoms with Crippen molar-refractivity contribution < 1.29 is 28.3 Å². The van der Waals surface area contributed by atoms with Gasteiger partial charge in [-0.25, -0.2) is 4.79 Å². The van der Waals surface area contributed by atoms with Gasteiger partial charge >= 0.3 is 5.97 Å². The van der Waals surface area contributed by atoms with Crippen molar-refractivity contribution in [1.82, 2.24) is 0 Å². The van der Waals surface area contributed by atoms with Crippen LogP contribution in [-0.4, -0.2) is 35.8 Å². The third-order valence-electron chi connectivity index (χ3n) is 6.04. The maximum absolute atomic E-state index is 13.3. The molecule has 0 unspecified atom stereocenters. The molecule has 2 aromatic heterocycles. The molecule has 10 heteroatoms. The summed E-state index contributed by atoms with van der Waals surface area (Å²) in [6, 6.07) is 13.3. The second-order valence-corrected chi connectivity index (χ2v) is 9.19. The van der Waals surface area contributed by atoms with E-state index in [1.807, 2.05) is 0 Å². The van der Waals surface area contributed by atoms with Crippen LogP contribution >= 0.6 is 11.3 Å². The van der Waals surface area contributed by atoms with Gasteiger partial charge in [-0.2, -0.15) is 0 Å². The number of esters is 1. The standard InChI is InChI=1S/C24H21N3O6S/c28-20(27-16-7-2-1-6-15(16)25-23(31)24(27)11-3-4-12-24)14-33-22(30)18-9-10-19(34-18)26-21(29)17-8-5-13-32-17/h1-2,5-10,13H,3-4,11-12,14H2,(H,25,31)(H,26,29). The molecule has 3 amide bonds. The molecule has 174 valence electrons. The van der Waals surface area contributed by atoms with E-state index in [1.54, 1.807) is 36.4 Å². The van der Waals surface area contributed by atoms with Gasteiger partial charge in [-0.3, -0.25) is 19.3 Å². The van der Waals surface area contributed by atoms with E-state index in [0.717, 1.165) is 24.2 Å². The second kappa shape index (κ2) is 8.79. The lowest BCUT2D eigenvalue weighted by molar-refractivity contribution is -0.129. The Morgan fingerprint density at radius 3 is 2.65 bits per heavy atom. The predicted octanol–water partition coefficient (Wildman–Crippen LogP) is 4.05. The van der Waals surface area contributed by atoms with Crippen molar-refractivity contribution in [3.05, 3.63) is 65.4 Å². The van der Waals surface area contributed by atoms with Crippen molar-refractivity contribution in [2.24, 2.45) is 0 Å². The number of rotatable bonds is 5. The molecule has 1 spiro atoms. The summed E-state index contributed by atoms with van der Waals surface area (Å²) in [6.07, 6.45) is 4.16. The van der Waals surface area contributed by atoms with Crippen LogP contribution in [0, 0.1) is 0 Å². The summed E-state index contributed by atoms with van der Waals surface area (Å²) in [4.78, 5) is 52.7. The number of amides is 3. The number of benzene rings is 1. The highest BCUT2D eigenvalue weighted by Crippen LogP contribution is 2.45. The van der Waals surface area contributed by atoms with Crippen molar-refractivity contribution in [2.75, 3.05) is 22.1 Å². The molecule has 0 bridgehead atoms. The van der Waals surface area contributed by atoms with Crippen LogP contribution < -0.4 is 15.5 Å². The molecule has 3 aromatic rings. The normalized spacial score (nSPS) is 16.1. The van der Waals surface area contributed by atoms with E-state index in [4.69, 9.17) is 9.15 Å². The fourth-order valence-corrected chi connectivity index (χ4v) is 5.28. The first kappa shape index (κ1) is 21.9. The summed E-state index contributed by atoms with van der Waals surface area (Å²) < 4.78 is 10.4. The zero-order valence-corrected chi connectivity index (χ0v) is 18.9. The quantitative estimate of drug-likeness (QED) is 0.533. The number of ether oxygens (including phenoxy) is 1. The number of hydrogen-bond acceptors (Lipinski definition) is 7. The Morgan fingerprint density at radius 2 is 1.88 bits per heavy atom. The molecule has 1 aliphatic carbocycles. The second-order valence-electron chi connectivity index (χ2n) is 8.11. The summed E-state index contributed by atoms with van der Waals surface area (Å²) in [7, 11) is 0. The third-order valence-corrected chi connectivity index (χ3v) is 7.02. The van der Waals surface area contributed by atoms with Crippen LogP contribution in [0.1, 0.15) is 45.9 Å². The van der Waals surface area contributed by atoms with Gasteiger partial charge in [0.2, 0.25) is 0 Å². The summed E-state index contributed by atoms with van der Waals surface area (Å²) >= 11 is 1.02. The maximum Gasteiger partial charge on any atom is 0.348 e. The third kappa shape index (κ3) is 3.86. The van der Waals surface area contributed by atoms with E-state index < -0.39 is 29.9 Å². The van der Waals surface area contributed by atoms with Crippen LogP contribution in [0.2, 0.25) is 0 Å². The molecule has 0 radical (unpaired) electrons. The molecule has 9 nitrogen and oxygen atoms in total. The average Bonchev–Trinajstić information content (AvgIpc) is 3.60. The number of furan rings is 1. The van der Waals surface area contributed by atoms with E-state index >= 15 is 0 Å². The molecule has 1 aromatic carbocycles. The highest BCUT2D eigenvalue weighted by molar-refractivity contribution is 7.18. The molecule has 3 heterocycles. The van der Waals surface area contributed by atoms with E-state index in [9.17, 15) is 19.2 Å². The number of para-hydroxylation sites is 2. The van der Waals surface area contributed by atoms with Crippen molar-refractivity contribution in [1.29, 1.82) is 0 Å². The van der Waals surface area contributed by atoms with Gasteiger partial charge in [0.15, 0.2) is 12.4 Å². The topological polar surface area (TPSA) is 118 Å². The smallest absolute Gasteiger partial charge is 0.348 e. The summed E-state index contributed by atoms with van der Waals surface area (Å²) in [5, 5.41) is 6.00. The molecular weight excluding hydrogens is 458 g/mol. The molecule has 1 aliphatic heterocycles. The van der Waals surface area contributed by atoms with Crippen LogP contribution in [0.25, 0.3) is 0 Å².